The number of nitrogens with one attached hydrogen (secondary N) is 2. The van der Waals surface area contributed by atoms with Crippen LogP contribution in [0, 0.1) is 11.3 Å². The van der Waals surface area contributed by atoms with Crippen LogP contribution >= 0.6 is 23.1 Å². The molecule has 6 nitrogen and oxygen atoms in total. The Labute approximate surface area is 181 Å². The van der Waals surface area contributed by atoms with Gasteiger partial charge in [0.05, 0.1) is 9.77 Å². The van der Waals surface area contributed by atoms with Crippen molar-refractivity contribution in [2.75, 3.05) is 18.4 Å². The van der Waals surface area contributed by atoms with Crippen molar-refractivity contribution in [1.29, 1.82) is 5.26 Å². The quantitative estimate of drug-likeness (QED) is 0.303. The second-order valence-corrected chi connectivity index (χ2v) is 8.54. The van der Waals surface area contributed by atoms with Gasteiger partial charge in [0.15, 0.2) is 5.76 Å². The van der Waals surface area contributed by atoms with Gasteiger partial charge >= 0.3 is 0 Å². The van der Waals surface area contributed by atoms with Crippen LogP contribution in [-0.2, 0) is 5.75 Å². The van der Waals surface area contributed by atoms with Crippen molar-refractivity contribution in [1.82, 2.24) is 10.3 Å². The van der Waals surface area contributed by atoms with Crippen molar-refractivity contribution >= 4 is 45.8 Å². The number of furan rings is 1. The van der Waals surface area contributed by atoms with Gasteiger partial charge in [-0.25, -0.2) is 4.98 Å². The molecule has 0 spiro atoms. The van der Waals surface area contributed by atoms with E-state index in [2.05, 4.69) is 27.8 Å². The minimum Gasteiger partial charge on any atom is -0.451 e. The highest BCUT2D eigenvalue weighted by Gasteiger charge is 2.20. The SMILES string of the molecule is N#Cc1cccnc1NCCNC(=O)c1oc2ccccc2c1CSc1cccs1. The van der Waals surface area contributed by atoms with Gasteiger partial charge in [0.25, 0.3) is 5.91 Å². The van der Waals surface area contributed by atoms with Crippen molar-refractivity contribution in [3.05, 3.63) is 77.0 Å². The lowest BCUT2D eigenvalue weighted by Crippen LogP contribution is -2.29. The van der Waals surface area contributed by atoms with Crippen LogP contribution in [0.15, 0.2) is 68.7 Å². The number of nitriles is 1. The van der Waals surface area contributed by atoms with Crippen LogP contribution in [0.5, 0.6) is 0 Å². The van der Waals surface area contributed by atoms with Crippen LogP contribution in [0.1, 0.15) is 21.7 Å². The number of nitrogens with zero attached hydrogens (tertiary/aromatic N) is 2. The molecule has 0 bridgehead atoms. The Kier molecular flexibility index (Phi) is 6.32. The van der Waals surface area contributed by atoms with Crippen LogP contribution in [0.4, 0.5) is 5.82 Å². The highest BCUT2D eigenvalue weighted by atomic mass is 32.2. The zero-order valence-electron chi connectivity index (χ0n) is 15.9. The number of thiophene rings is 1. The second kappa shape index (κ2) is 9.48. The summed E-state index contributed by atoms with van der Waals surface area (Å²) in [4.78, 5) is 17.0. The largest absolute Gasteiger partial charge is 0.451 e. The second-order valence-electron chi connectivity index (χ2n) is 6.32. The third-order valence-corrected chi connectivity index (χ3v) is 6.55. The third-order valence-electron chi connectivity index (χ3n) is 4.39. The molecule has 30 heavy (non-hydrogen) atoms. The lowest BCUT2D eigenvalue weighted by Gasteiger charge is -2.08. The molecule has 0 aliphatic rings. The molecule has 2 N–H and O–H groups in total. The Balaban J connectivity index is 1.43. The van der Waals surface area contributed by atoms with E-state index in [0.717, 1.165) is 10.9 Å². The van der Waals surface area contributed by atoms with Gasteiger partial charge in [-0.05, 0) is 29.6 Å². The van der Waals surface area contributed by atoms with Crippen LogP contribution in [0.25, 0.3) is 11.0 Å². The fourth-order valence-corrected chi connectivity index (χ4v) is 4.80. The van der Waals surface area contributed by atoms with E-state index in [1.54, 1.807) is 41.4 Å². The molecule has 3 heterocycles. The lowest BCUT2D eigenvalue weighted by molar-refractivity contribution is 0.0928. The van der Waals surface area contributed by atoms with Crippen LogP contribution < -0.4 is 10.6 Å². The molecular formula is C22H18N4O2S2. The maximum Gasteiger partial charge on any atom is 0.287 e. The van der Waals surface area contributed by atoms with E-state index in [1.165, 1.54) is 4.21 Å². The fraction of sp³-hybridized carbons (Fsp3) is 0.136. The highest BCUT2D eigenvalue weighted by Crippen LogP contribution is 2.33. The summed E-state index contributed by atoms with van der Waals surface area (Å²) in [5.41, 5.74) is 2.06. The highest BCUT2D eigenvalue weighted by molar-refractivity contribution is 8.00. The number of hydrogen-bond donors (Lipinski definition) is 2. The zero-order valence-corrected chi connectivity index (χ0v) is 17.6. The monoisotopic (exact) mass is 434 g/mol. The summed E-state index contributed by atoms with van der Waals surface area (Å²) in [6.45, 7) is 0.811. The average molecular weight is 435 g/mol. The minimum atomic E-state index is -0.253. The Morgan fingerprint density at radius 3 is 2.90 bits per heavy atom. The molecule has 1 aromatic carbocycles. The number of amides is 1. The molecule has 0 aliphatic heterocycles. The Morgan fingerprint density at radius 2 is 2.07 bits per heavy atom. The molecule has 0 radical (unpaired) electrons. The summed E-state index contributed by atoms with van der Waals surface area (Å²) < 4.78 is 7.08. The topological polar surface area (TPSA) is 91.0 Å². The predicted molar refractivity (Wildman–Crippen MR) is 120 cm³/mol. The molecule has 0 fully saturated rings. The van der Waals surface area contributed by atoms with E-state index in [9.17, 15) is 4.79 Å². The number of carbonyl (C=O) groups is 1. The molecule has 0 unspecified atom stereocenters. The molecule has 1 amide bonds. The van der Waals surface area contributed by atoms with E-state index in [0.29, 0.717) is 41.6 Å². The van der Waals surface area contributed by atoms with Crippen LogP contribution in [0.2, 0.25) is 0 Å². The molecule has 0 atom stereocenters. The normalized spacial score (nSPS) is 10.6. The van der Waals surface area contributed by atoms with Gasteiger partial charge in [-0.2, -0.15) is 5.26 Å². The summed E-state index contributed by atoms with van der Waals surface area (Å²) in [5.74, 6) is 1.25. The summed E-state index contributed by atoms with van der Waals surface area (Å²) >= 11 is 3.37. The van der Waals surface area contributed by atoms with Crippen LogP contribution in [-0.4, -0.2) is 24.0 Å². The van der Waals surface area contributed by atoms with E-state index in [-0.39, 0.29) is 5.91 Å². The molecule has 8 heteroatoms. The molecule has 3 aromatic heterocycles. The van der Waals surface area contributed by atoms with E-state index in [4.69, 9.17) is 9.68 Å². The number of carbonyl (C=O) groups excluding carboxylic acids is 1. The molecule has 0 saturated heterocycles. The Hall–Kier alpha value is -3.28. The number of anilines is 1. The van der Waals surface area contributed by atoms with Gasteiger partial charge < -0.3 is 15.1 Å². The smallest absolute Gasteiger partial charge is 0.287 e. The standard InChI is InChI=1S/C22H18N4O2S2/c23-13-15-5-3-9-24-21(15)25-10-11-26-22(27)20-17(14-30-19-8-4-12-29-19)16-6-1-2-7-18(16)28-20/h1-9,12H,10-11,14H2,(H,24,25)(H,26,27). The molecule has 0 saturated carbocycles. The first kappa shape index (κ1) is 20.0. The number of para-hydroxylation sites is 1. The first-order valence-corrected chi connectivity index (χ1v) is 11.2. The maximum atomic E-state index is 12.8. The zero-order chi connectivity index (χ0) is 20.8. The number of benzene rings is 1. The molecule has 4 rings (SSSR count). The predicted octanol–water partition coefficient (Wildman–Crippen LogP) is 4.90. The maximum absolute atomic E-state index is 12.8. The van der Waals surface area contributed by atoms with Gasteiger partial charge in [-0.3, -0.25) is 4.79 Å². The Bertz CT molecular complexity index is 1200. The van der Waals surface area contributed by atoms with Crippen molar-refractivity contribution < 1.29 is 9.21 Å². The average Bonchev–Trinajstić information content (AvgIpc) is 3.43. The summed E-state index contributed by atoms with van der Waals surface area (Å²) in [5, 5.41) is 18.1. The van der Waals surface area contributed by atoms with Crippen molar-refractivity contribution in [3.8, 4) is 6.07 Å². The number of pyridine rings is 1. The van der Waals surface area contributed by atoms with Crippen molar-refractivity contribution in [2.45, 2.75) is 9.96 Å². The fourth-order valence-electron chi connectivity index (χ4n) is 2.99. The van der Waals surface area contributed by atoms with Gasteiger partial charge in [0, 0.05) is 36.0 Å². The third kappa shape index (κ3) is 4.48. The first-order chi connectivity index (χ1) is 14.8. The van der Waals surface area contributed by atoms with Gasteiger partial charge in [-0.1, -0.05) is 24.3 Å². The first-order valence-electron chi connectivity index (χ1n) is 9.30. The number of thioether (sulfide) groups is 1. The number of rotatable bonds is 8. The summed E-state index contributed by atoms with van der Waals surface area (Å²) in [6, 6.07) is 17.3. The van der Waals surface area contributed by atoms with Gasteiger partial charge in [0.1, 0.15) is 17.5 Å². The van der Waals surface area contributed by atoms with Crippen LogP contribution in [0.3, 0.4) is 0 Å². The molecule has 150 valence electrons. The lowest BCUT2D eigenvalue weighted by atomic mass is 10.1. The van der Waals surface area contributed by atoms with E-state index in [1.807, 2.05) is 35.7 Å². The van der Waals surface area contributed by atoms with E-state index < -0.39 is 0 Å². The molecular weight excluding hydrogens is 416 g/mol. The molecule has 0 aliphatic carbocycles. The number of fused-ring (bicyclic) bond motifs is 1. The van der Waals surface area contributed by atoms with Gasteiger partial charge in [0.2, 0.25) is 0 Å². The van der Waals surface area contributed by atoms with Gasteiger partial charge in [-0.15, -0.1) is 23.1 Å². The number of aromatic nitrogens is 1. The number of hydrogen-bond acceptors (Lipinski definition) is 7. The minimum absolute atomic E-state index is 0.253. The van der Waals surface area contributed by atoms with Crippen molar-refractivity contribution in [2.24, 2.45) is 0 Å². The van der Waals surface area contributed by atoms with E-state index >= 15 is 0 Å². The summed E-state index contributed by atoms with van der Waals surface area (Å²) in [7, 11) is 0. The van der Waals surface area contributed by atoms with Crippen molar-refractivity contribution in [3.63, 3.8) is 0 Å². The summed E-state index contributed by atoms with van der Waals surface area (Å²) in [6.07, 6.45) is 1.62. The Morgan fingerprint density at radius 1 is 1.17 bits per heavy atom. The molecule has 4 aromatic rings.